The molecule has 0 aromatic carbocycles. The lowest BCUT2D eigenvalue weighted by molar-refractivity contribution is -0.138. The third kappa shape index (κ3) is 3.40. The second-order valence-electron chi connectivity index (χ2n) is 1.66. The monoisotopic (exact) mass is 156 g/mol. The number of ether oxygens (including phenoxy) is 1. The molecule has 0 aliphatic carbocycles. The van der Waals surface area contributed by atoms with E-state index in [1.807, 2.05) is 0 Å². The van der Waals surface area contributed by atoms with Crippen LogP contribution in [-0.4, -0.2) is 18.8 Å². The molecule has 0 aliphatic rings. The first-order chi connectivity index (χ1) is 5.26. The van der Waals surface area contributed by atoms with Crippen LogP contribution in [0.5, 0.6) is 0 Å². The minimum absolute atomic E-state index is 0.134. The molecular formula is C7H12N2O2. The van der Waals surface area contributed by atoms with Crippen molar-refractivity contribution in [2.24, 2.45) is 10.7 Å². The molecule has 0 spiro atoms. The molecule has 0 radical (unpaired) electrons. The number of nitrogens with two attached hydrogens (primary N) is 1. The van der Waals surface area contributed by atoms with Crippen molar-refractivity contribution in [3.8, 4) is 0 Å². The summed E-state index contributed by atoms with van der Waals surface area (Å²) in [6.07, 6.45) is 2.60. The maximum Gasteiger partial charge on any atom is 0.358 e. The highest BCUT2D eigenvalue weighted by atomic mass is 16.5. The lowest BCUT2D eigenvalue weighted by Crippen LogP contribution is -2.07. The molecule has 0 aromatic heterocycles. The number of hydrogen-bond donors (Lipinski definition) is 1. The van der Waals surface area contributed by atoms with Crippen LogP contribution in [0.2, 0.25) is 0 Å². The predicted molar refractivity (Wildman–Crippen MR) is 43.1 cm³/mol. The second-order valence-corrected chi connectivity index (χ2v) is 1.66. The Morgan fingerprint density at radius 1 is 1.73 bits per heavy atom. The van der Waals surface area contributed by atoms with E-state index in [0.29, 0.717) is 6.61 Å². The molecule has 0 rings (SSSR count). The maximum atomic E-state index is 10.9. The highest BCUT2D eigenvalue weighted by Crippen LogP contribution is 1.96. The third-order valence-electron chi connectivity index (χ3n) is 0.911. The highest BCUT2D eigenvalue weighted by Gasteiger charge is 2.06. The van der Waals surface area contributed by atoms with Crippen molar-refractivity contribution in [1.82, 2.24) is 0 Å². The third-order valence-corrected chi connectivity index (χ3v) is 0.911. The molecular weight excluding hydrogens is 144 g/mol. The van der Waals surface area contributed by atoms with Crippen molar-refractivity contribution in [3.63, 3.8) is 0 Å². The SMILES string of the molecule is CC=N/C(=C\N)C(=O)OCC. The molecule has 0 saturated carbocycles. The first kappa shape index (κ1) is 9.68. The van der Waals surface area contributed by atoms with Gasteiger partial charge in [0.1, 0.15) is 0 Å². The summed E-state index contributed by atoms with van der Waals surface area (Å²) in [6.45, 7) is 3.75. The van der Waals surface area contributed by atoms with E-state index in [0.717, 1.165) is 6.20 Å². The average Bonchev–Trinajstić information content (AvgIpc) is 2.00. The van der Waals surface area contributed by atoms with E-state index in [4.69, 9.17) is 5.73 Å². The van der Waals surface area contributed by atoms with E-state index in [1.165, 1.54) is 6.21 Å². The highest BCUT2D eigenvalue weighted by molar-refractivity contribution is 5.89. The second kappa shape index (κ2) is 5.46. The summed E-state index contributed by atoms with van der Waals surface area (Å²) in [5.74, 6) is -0.492. The zero-order valence-corrected chi connectivity index (χ0v) is 6.70. The molecule has 4 heteroatoms. The molecule has 0 amide bonds. The molecule has 0 saturated heterocycles. The predicted octanol–water partition coefficient (Wildman–Crippen LogP) is 0.440. The van der Waals surface area contributed by atoms with Crippen molar-refractivity contribution in [2.45, 2.75) is 13.8 Å². The molecule has 0 aromatic rings. The van der Waals surface area contributed by atoms with Gasteiger partial charge in [-0.05, 0) is 13.8 Å². The summed E-state index contributed by atoms with van der Waals surface area (Å²) in [7, 11) is 0. The Labute approximate surface area is 65.7 Å². The Bertz CT molecular complexity index is 185. The van der Waals surface area contributed by atoms with Gasteiger partial charge in [-0.3, -0.25) is 4.99 Å². The van der Waals surface area contributed by atoms with E-state index in [2.05, 4.69) is 9.73 Å². The molecule has 2 N–H and O–H groups in total. The number of aliphatic imine (C=N–C) groups is 1. The van der Waals surface area contributed by atoms with Crippen LogP contribution in [0.1, 0.15) is 13.8 Å². The van der Waals surface area contributed by atoms with Gasteiger partial charge in [0.2, 0.25) is 0 Å². The van der Waals surface area contributed by atoms with Gasteiger partial charge in [0.25, 0.3) is 0 Å². The number of nitrogens with zero attached hydrogens (tertiary/aromatic N) is 1. The van der Waals surface area contributed by atoms with Crippen LogP contribution in [0.3, 0.4) is 0 Å². The van der Waals surface area contributed by atoms with Crippen LogP contribution in [0.15, 0.2) is 16.9 Å². The van der Waals surface area contributed by atoms with Crippen molar-refractivity contribution < 1.29 is 9.53 Å². The summed E-state index contributed by atoms with van der Waals surface area (Å²) in [5, 5.41) is 0. The lowest BCUT2D eigenvalue weighted by atomic mass is 10.5. The molecule has 0 atom stereocenters. The molecule has 4 nitrogen and oxygen atoms in total. The summed E-state index contributed by atoms with van der Waals surface area (Å²) in [5.41, 5.74) is 5.25. The molecule has 0 bridgehead atoms. The van der Waals surface area contributed by atoms with E-state index in [-0.39, 0.29) is 5.70 Å². The standard InChI is InChI=1S/C7H12N2O2/c1-3-9-6(5-8)7(10)11-4-2/h3,5H,4,8H2,1-2H3/b6-5-,9-3?. The normalized spacial score (nSPS) is 12.0. The number of hydrogen-bond acceptors (Lipinski definition) is 4. The average molecular weight is 156 g/mol. The minimum Gasteiger partial charge on any atom is -0.461 e. The fourth-order valence-corrected chi connectivity index (χ4v) is 0.508. The van der Waals surface area contributed by atoms with Gasteiger partial charge in [-0.2, -0.15) is 0 Å². The largest absolute Gasteiger partial charge is 0.461 e. The van der Waals surface area contributed by atoms with Gasteiger partial charge in [-0.1, -0.05) is 0 Å². The number of carbonyl (C=O) groups is 1. The van der Waals surface area contributed by atoms with Crippen LogP contribution < -0.4 is 5.73 Å². The molecule has 0 unspecified atom stereocenters. The van der Waals surface area contributed by atoms with Gasteiger partial charge in [0, 0.05) is 12.4 Å². The first-order valence-electron chi connectivity index (χ1n) is 3.34. The van der Waals surface area contributed by atoms with Crippen LogP contribution in [0, 0.1) is 0 Å². The van der Waals surface area contributed by atoms with Gasteiger partial charge in [-0.15, -0.1) is 0 Å². The van der Waals surface area contributed by atoms with Crippen molar-refractivity contribution >= 4 is 12.2 Å². The maximum absolute atomic E-state index is 10.9. The number of esters is 1. The molecule has 0 aliphatic heterocycles. The summed E-state index contributed by atoms with van der Waals surface area (Å²) in [6, 6.07) is 0. The van der Waals surface area contributed by atoms with Crippen LogP contribution in [0.25, 0.3) is 0 Å². The van der Waals surface area contributed by atoms with E-state index >= 15 is 0 Å². The minimum atomic E-state index is -0.492. The van der Waals surface area contributed by atoms with Crippen LogP contribution in [0.4, 0.5) is 0 Å². The Morgan fingerprint density at radius 2 is 2.36 bits per heavy atom. The smallest absolute Gasteiger partial charge is 0.358 e. The lowest BCUT2D eigenvalue weighted by Gasteiger charge is -1.99. The molecule has 62 valence electrons. The van der Waals surface area contributed by atoms with Gasteiger partial charge < -0.3 is 10.5 Å². The Morgan fingerprint density at radius 3 is 2.73 bits per heavy atom. The van der Waals surface area contributed by atoms with E-state index in [9.17, 15) is 4.79 Å². The Kier molecular flexibility index (Phi) is 4.81. The van der Waals surface area contributed by atoms with Gasteiger partial charge in [0.15, 0.2) is 5.70 Å². The fourth-order valence-electron chi connectivity index (χ4n) is 0.508. The fraction of sp³-hybridized carbons (Fsp3) is 0.429. The topological polar surface area (TPSA) is 64.7 Å². The Balaban J connectivity index is 4.16. The zero-order chi connectivity index (χ0) is 8.69. The van der Waals surface area contributed by atoms with Crippen molar-refractivity contribution in [2.75, 3.05) is 6.61 Å². The molecule has 11 heavy (non-hydrogen) atoms. The van der Waals surface area contributed by atoms with Gasteiger partial charge >= 0.3 is 5.97 Å². The summed E-state index contributed by atoms with van der Waals surface area (Å²) >= 11 is 0. The van der Waals surface area contributed by atoms with E-state index < -0.39 is 5.97 Å². The molecule has 0 heterocycles. The van der Waals surface area contributed by atoms with Gasteiger partial charge in [0.05, 0.1) is 6.61 Å². The van der Waals surface area contributed by atoms with Gasteiger partial charge in [-0.25, -0.2) is 4.79 Å². The van der Waals surface area contributed by atoms with Crippen molar-refractivity contribution in [1.29, 1.82) is 0 Å². The number of carbonyl (C=O) groups excluding carboxylic acids is 1. The van der Waals surface area contributed by atoms with Crippen molar-refractivity contribution in [3.05, 3.63) is 11.9 Å². The molecule has 0 fully saturated rings. The summed E-state index contributed by atoms with van der Waals surface area (Å²) < 4.78 is 4.65. The Hall–Kier alpha value is -1.32. The quantitative estimate of drug-likeness (QED) is 0.366. The zero-order valence-electron chi connectivity index (χ0n) is 6.70. The number of rotatable bonds is 3. The van der Waals surface area contributed by atoms with Crippen LogP contribution >= 0.6 is 0 Å². The van der Waals surface area contributed by atoms with E-state index in [1.54, 1.807) is 13.8 Å². The van der Waals surface area contributed by atoms with Crippen LogP contribution in [-0.2, 0) is 9.53 Å². The first-order valence-corrected chi connectivity index (χ1v) is 3.34. The summed E-state index contributed by atoms with van der Waals surface area (Å²) in [4.78, 5) is 14.6.